The first kappa shape index (κ1) is 17.1. The first-order valence-corrected chi connectivity index (χ1v) is 6.70. The average Bonchev–Trinajstić information content (AvgIpc) is 2.50. The minimum atomic E-state index is -0.162. The van der Waals surface area contributed by atoms with Crippen LogP contribution >= 0.6 is 0 Å². The fourth-order valence-corrected chi connectivity index (χ4v) is 1.79. The standard InChI is InChI=1S/C15H21N3O3/c1-20-9-7-18(8-10-21-2)12-15(19)17-14-6-4-3-5-13(14)11-16/h3-6H,7-10,12H2,1-2H3,(H,17,19). The summed E-state index contributed by atoms with van der Waals surface area (Å²) in [7, 11) is 3.25. The molecule has 21 heavy (non-hydrogen) atoms. The third-order valence-electron chi connectivity index (χ3n) is 2.91. The lowest BCUT2D eigenvalue weighted by atomic mass is 10.2. The molecule has 0 heterocycles. The summed E-state index contributed by atoms with van der Waals surface area (Å²) in [4.78, 5) is 14.0. The lowest BCUT2D eigenvalue weighted by Gasteiger charge is -2.21. The topological polar surface area (TPSA) is 74.6 Å². The summed E-state index contributed by atoms with van der Waals surface area (Å²) in [6.45, 7) is 2.62. The molecule has 0 unspecified atom stereocenters. The number of nitriles is 1. The zero-order valence-corrected chi connectivity index (χ0v) is 12.5. The van der Waals surface area contributed by atoms with E-state index in [0.29, 0.717) is 37.6 Å². The van der Waals surface area contributed by atoms with Crippen molar-refractivity contribution in [1.29, 1.82) is 5.26 Å². The molecule has 6 nitrogen and oxygen atoms in total. The van der Waals surface area contributed by atoms with Crippen LogP contribution in [0.3, 0.4) is 0 Å². The highest BCUT2D eigenvalue weighted by Crippen LogP contribution is 2.13. The summed E-state index contributed by atoms with van der Waals surface area (Å²) in [6.07, 6.45) is 0. The molecule has 1 amide bonds. The van der Waals surface area contributed by atoms with Crippen LogP contribution in [0.4, 0.5) is 5.69 Å². The molecular formula is C15H21N3O3. The Morgan fingerprint density at radius 3 is 2.43 bits per heavy atom. The maximum atomic E-state index is 12.1. The highest BCUT2D eigenvalue weighted by molar-refractivity contribution is 5.93. The number of nitrogens with zero attached hydrogens (tertiary/aromatic N) is 2. The van der Waals surface area contributed by atoms with Gasteiger partial charge in [0.2, 0.25) is 5.91 Å². The monoisotopic (exact) mass is 291 g/mol. The van der Waals surface area contributed by atoms with Crippen LogP contribution in [0.1, 0.15) is 5.56 Å². The largest absolute Gasteiger partial charge is 0.383 e. The second-order valence-corrected chi connectivity index (χ2v) is 4.47. The third kappa shape index (κ3) is 6.36. The number of rotatable bonds is 9. The molecule has 0 fully saturated rings. The van der Waals surface area contributed by atoms with E-state index in [-0.39, 0.29) is 12.5 Å². The third-order valence-corrected chi connectivity index (χ3v) is 2.91. The van der Waals surface area contributed by atoms with E-state index >= 15 is 0 Å². The van der Waals surface area contributed by atoms with Crippen LogP contribution in [0.15, 0.2) is 24.3 Å². The van der Waals surface area contributed by atoms with E-state index in [0.717, 1.165) is 0 Å². The summed E-state index contributed by atoms with van der Waals surface area (Å²) < 4.78 is 10.1. The number of anilines is 1. The molecule has 0 aliphatic carbocycles. The Hall–Kier alpha value is -1.94. The molecule has 6 heteroatoms. The van der Waals surface area contributed by atoms with Gasteiger partial charge in [-0.15, -0.1) is 0 Å². The van der Waals surface area contributed by atoms with Crippen molar-refractivity contribution in [2.24, 2.45) is 0 Å². The summed E-state index contributed by atoms with van der Waals surface area (Å²) in [5.41, 5.74) is 0.981. The minimum Gasteiger partial charge on any atom is -0.383 e. The summed E-state index contributed by atoms with van der Waals surface area (Å²) >= 11 is 0. The van der Waals surface area contributed by atoms with E-state index in [1.807, 2.05) is 4.90 Å². The molecule has 0 aromatic heterocycles. The highest BCUT2D eigenvalue weighted by atomic mass is 16.5. The second kappa shape index (κ2) is 9.88. The molecule has 0 aliphatic heterocycles. The predicted molar refractivity (Wildman–Crippen MR) is 80.0 cm³/mol. The minimum absolute atomic E-state index is 0.162. The number of carbonyl (C=O) groups is 1. The molecule has 1 rings (SSSR count). The van der Waals surface area contributed by atoms with Crippen molar-refractivity contribution >= 4 is 11.6 Å². The molecule has 1 aromatic rings. The van der Waals surface area contributed by atoms with Crippen molar-refractivity contribution in [2.45, 2.75) is 0 Å². The van der Waals surface area contributed by atoms with E-state index < -0.39 is 0 Å². The Morgan fingerprint density at radius 1 is 1.24 bits per heavy atom. The number of hydrogen-bond acceptors (Lipinski definition) is 5. The fourth-order valence-electron chi connectivity index (χ4n) is 1.79. The van der Waals surface area contributed by atoms with Gasteiger partial charge in [-0.3, -0.25) is 9.69 Å². The predicted octanol–water partition coefficient (Wildman–Crippen LogP) is 1.09. The van der Waals surface area contributed by atoms with Crippen molar-refractivity contribution in [3.63, 3.8) is 0 Å². The normalized spacial score (nSPS) is 10.4. The van der Waals surface area contributed by atoms with Crippen molar-refractivity contribution in [3.8, 4) is 6.07 Å². The number of amides is 1. The van der Waals surface area contributed by atoms with Crippen molar-refractivity contribution in [3.05, 3.63) is 29.8 Å². The number of carbonyl (C=O) groups excluding carboxylic acids is 1. The Bertz CT molecular complexity index is 477. The van der Waals surface area contributed by atoms with Crippen LogP contribution in [-0.4, -0.2) is 57.9 Å². The molecule has 0 bridgehead atoms. The van der Waals surface area contributed by atoms with Gasteiger partial charge in [0, 0.05) is 27.3 Å². The number of ether oxygens (including phenoxy) is 2. The zero-order chi connectivity index (χ0) is 15.5. The maximum absolute atomic E-state index is 12.1. The Balaban J connectivity index is 2.58. The number of nitrogens with one attached hydrogen (secondary N) is 1. The van der Waals surface area contributed by atoms with Crippen molar-refractivity contribution < 1.29 is 14.3 Å². The van der Waals surface area contributed by atoms with Gasteiger partial charge < -0.3 is 14.8 Å². The molecule has 0 saturated heterocycles. The quantitative estimate of drug-likeness (QED) is 0.737. The van der Waals surface area contributed by atoms with Gasteiger partial charge in [-0.1, -0.05) is 12.1 Å². The van der Waals surface area contributed by atoms with E-state index in [1.54, 1.807) is 38.5 Å². The van der Waals surface area contributed by atoms with Crippen molar-refractivity contribution in [2.75, 3.05) is 52.4 Å². The molecule has 0 radical (unpaired) electrons. The molecule has 0 atom stereocenters. The lowest BCUT2D eigenvalue weighted by molar-refractivity contribution is -0.117. The van der Waals surface area contributed by atoms with Gasteiger partial charge in [0.05, 0.1) is 31.0 Å². The second-order valence-electron chi connectivity index (χ2n) is 4.47. The van der Waals surface area contributed by atoms with Gasteiger partial charge >= 0.3 is 0 Å². The van der Waals surface area contributed by atoms with Crippen LogP contribution < -0.4 is 5.32 Å². The van der Waals surface area contributed by atoms with E-state index in [4.69, 9.17) is 14.7 Å². The average molecular weight is 291 g/mol. The van der Waals surface area contributed by atoms with Gasteiger partial charge in [-0.2, -0.15) is 5.26 Å². The van der Waals surface area contributed by atoms with Gasteiger partial charge in [0.25, 0.3) is 0 Å². The van der Waals surface area contributed by atoms with Gasteiger partial charge in [0.1, 0.15) is 6.07 Å². The summed E-state index contributed by atoms with van der Waals surface area (Å²) in [5.74, 6) is -0.162. The number of benzene rings is 1. The van der Waals surface area contributed by atoms with Gasteiger partial charge in [-0.05, 0) is 12.1 Å². The Morgan fingerprint density at radius 2 is 1.86 bits per heavy atom. The van der Waals surface area contributed by atoms with E-state index in [1.165, 1.54) is 0 Å². The van der Waals surface area contributed by atoms with E-state index in [9.17, 15) is 4.79 Å². The SMILES string of the molecule is COCCN(CCOC)CC(=O)Nc1ccccc1C#N. The van der Waals surface area contributed by atoms with Crippen molar-refractivity contribution in [1.82, 2.24) is 4.90 Å². The van der Waals surface area contributed by atoms with Gasteiger partial charge in [-0.25, -0.2) is 0 Å². The molecular weight excluding hydrogens is 270 g/mol. The van der Waals surface area contributed by atoms with E-state index in [2.05, 4.69) is 11.4 Å². The van der Waals surface area contributed by atoms with Crippen LogP contribution in [0.2, 0.25) is 0 Å². The van der Waals surface area contributed by atoms with Crippen LogP contribution in [0, 0.1) is 11.3 Å². The summed E-state index contributed by atoms with van der Waals surface area (Å²) in [6, 6.07) is 8.98. The Labute approximate surface area is 125 Å². The first-order valence-electron chi connectivity index (χ1n) is 6.70. The molecule has 114 valence electrons. The highest BCUT2D eigenvalue weighted by Gasteiger charge is 2.12. The first-order chi connectivity index (χ1) is 10.2. The molecule has 0 saturated carbocycles. The number of methoxy groups -OCH3 is 2. The van der Waals surface area contributed by atoms with Crippen LogP contribution in [-0.2, 0) is 14.3 Å². The Kier molecular flexibility index (Phi) is 8.05. The maximum Gasteiger partial charge on any atom is 0.238 e. The fraction of sp³-hybridized carbons (Fsp3) is 0.467. The lowest BCUT2D eigenvalue weighted by Crippen LogP contribution is -2.37. The molecule has 0 spiro atoms. The zero-order valence-electron chi connectivity index (χ0n) is 12.5. The summed E-state index contributed by atoms with van der Waals surface area (Å²) in [5, 5.41) is 11.8. The van der Waals surface area contributed by atoms with Gasteiger partial charge in [0.15, 0.2) is 0 Å². The number of para-hydroxylation sites is 1. The van der Waals surface area contributed by atoms with Crippen LogP contribution in [0.25, 0.3) is 0 Å². The molecule has 1 aromatic carbocycles. The molecule has 0 aliphatic rings. The number of hydrogen-bond donors (Lipinski definition) is 1. The smallest absolute Gasteiger partial charge is 0.238 e. The molecule has 1 N–H and O–H groups in total. The van der Waals surface area contributed by atoms with Crippen LogP contribution in [0.5, 0.6) is 0 Å².